The fourth-order valence-electron chi connectivity index (χ4n) is 1.25. The van der Waals surface area contributed by atoms with Crippen molar-refractivity contribution in [1.82, 2.24) is 5.43 Å². The molecule has 6 heteroatoms. The smallest absolute Gasteiger partial charge is 0.319 e. The molecule has 0 saturated carbocycles. The zero-order valence-corrected chi connectivity index (χ0v) is 8.01. The van der Waals surface area contributed by atoms with Gasteiger partial charge in [0, 0.05) is 0 Å². The van der Waals surface area contributed by atoms with E-state index >= 15 is 0 Å². The zero-order chi connectivity index (χ0) is 10.8. The largest absolute Gasteiger partial charge is 0.465 e. The van der Waals surface area contributed by atoms with Crippen molar-refractivity contribution in [3.63, 3.8) is 0 Å². The number of hydrogen-bond donors (Lipinski definition) is 1. The average molecular weight is 206 g/mol. The second-order valence-electron chi connectivity index (χ2n) is 3.19. The molecule has 0 spiro atoms. The highest BCUT2D eigenvalue weighted by atomic mass is 19.3. The molecule has 1 aliphatic rings. The van der Waals surface area contributed by atoms with Gasteiger partial charge in [-0.3, -0.25) is 4.79 Å². The summed E-state index contributed by atoms with van der Waals surface area (Å²) in [6.07, 6.45) is -2.74. The van der Waals surface area contributed by atoms with E-state index in [4.69, 9.17) is 4.74 Å². The summed E-state index contributed by atoms with van der Waals surface area (Å²) >= 11 is 0. The maximum atomic E-state index is 12.5. The fraction of sp³-hybridized carbons (Fsp3) is 0.750. The molecule has 1 heterocycles. The maximum absolute atomic E-state index is 12.5. The Morgan fingerprint density at radius 1 is 1.79 bits per heavy atom. The Kier molecular flexibility index (Phi) is 3.03. The van der Waals surface area contributed by atoms with Crippen LogP contribution in [-0.2, 0) is 9.53 Å². The molecular formula is C8H12F2N2O2. The first kappa shape index (κ1) is 10.9. The number of hydrogen-bond acceptors (Lipinski definition) is 4. The van der Waals surface area contributed by atoms with E-state index < -0.39 is 23.5 Å². The highest BCUT2D eigenvalue weighted by molar-refractivity contribution is 6.09. The maximum Gasteiger partial charge on any atom is 0.319 e. The van der Waals surface area contributed by atoms with Crippen molar-refractivity contribution >= 4 is 11.7 Å². The Balaban J connectivity index is 2.83. The van der Waals surface area contributed by atoms with Crippen LogP contribution < -0.4 is 5.43 Å². The van der Waals surface area contributed by atoms with Crippen molar-refractivity contribution in [2.75, 3.05) is 13.2 Å². The normalized spacial score (nSPS) is 25.9. The van der Waals surface area contributed by atoms with Crippen LogP contribution >= 0.6 is 0 Å². The Labute approximate surface area is 80.3 Å². The number of halogens is 2. The molecule has 0 aromatic carbocycles. The molecule has 1 atom stereocenters. The lowest BCUT2D eigenvalue weighted by molar-refractivity contribution is -0.150. The number of rotatable bonds is 3. The summed E-state index contributed by atoms with van der Waals surface area (Å²) in [7, 11) is 0. The molecule has 0 aromatic rings. The molecule has 1 N–H and O–H groups in total. The molecule has 80 valence electrons. The average Bonchev–Trinajstić information content (AvgIpc) is 2.49. The molecule has 0 aromatic heterocycles. The predicted octanol–water partition coefficient (Wildman–Crippen LogP) is 0.780. The number of ether oxygens (including phenoxy) is 1. The number of nitrogens with one attached hydrogen (secondary N) is 1. The molecule has 1 aliphatic heterocycles. The Morgan fingerprint density at radius 3 is 2.93 bits per heavy atom. The molecule has 14 heavy (non-hydrogen) atoms. The molecule has 0 aliphatic carbocycles. The summed E-state index contributed by atoms with van der Waals surface area (Å²) < 4.78 is 29.6. The second kappa shape index (κ2) is 3.89. The summed E-state index contributed by atoms with van der Waals surface area (Å²) in [6.45, 7) is 3.26. The first-order valence-corrected chi connectivity index (χ1v) is 4.28. The topological polar surface area (TPSA) is 50.7 Å². The summed E-state index contributed by atoms with van der Waals surface area (Å²) in [5.74, 6) is -0.663. The van der Waals surface area contributed by atoms with E-state index in [1.54, 1.807) is 6.92 Å². The van der Waals surface area contributed by atoms with Crippen molar-refractivity contribution in [3.05, 3.63) is 0 Å². The fourth-order valence-corrected chi connectivity index (χ4v) is 1.25. The van der Waals surface area contributed by atoms with Crippen LogP contribution in [0.3, 0.4) is 0 Å². The number of esters is 1. The van der Waals surface area contributed by atoms with Gasteiger partial charge in [-0.15, -0.1) is 0 Å². The first-order chi connectivity index (χ1) is 6.52. The summed E-state index contributed by atoms with van der Waals surface area (Å²) in [4.78, 5) is 11.4. The third-order valence-electron chi connectivity index (χ3n) is 2.13. The van der Waals surface area contributed by atoms with Gasteiger partial charge in [0.05, 0.1) is 13.2 Å². The van der Waals surface area contributed by atoms with Gasteiger partial charge in [0.25, 0.3) is 6.43 Å². The lowest BCUT2D eigenvalue weighted by atomic mass is 9.86. The van der Waals surface area contributed by atoms with Crippen LogP contribution in [0.1, 0.15) is 13.8 Å². The highest BCUT2D eigenvalue weighted by Gasteiger charge is 2.47. The van der Waals surface area contributed by atoms with Crippen molar-refractivity contribution < 1.29 is 18.3 Å². The molecule has 0 fully saturated rings. The predicted molar refractivity (Wildman–Crippen MR) is 46.2 cm³/mol. The molecule has 0 amide bonds. The lowest BCUT2D eigenvalue weighted by Gasteiger charge is -2.21. The highest BCUT2D eigenvalue weighted by Crippen LogP contribution is 2.27. The van der Waals surface area contributed by atoms with Gasteiger partial charge in [-0.2, -0.15) is 5.10 Å². The minimum absolute atomic E-state index is 0.0610. The lowest BCUT2D eigenvalue weighted by Crippen LogP contribution is -2.42. The van der Waals surface area contributed by atoms with E-state index in [1.165, 1.54) is 6.92 Å². The van der Waals surface area contributed by atoms with Crippen molar-refractivity contribution in [2.45, 2.75) is 20.3 Å². The standard InChI is InChI=1S/C8H12F2N2O2/c1-3-14-7(13)8(2)4-11-12-5(8)6(9)10/h6,11H,3-4H2,1-2H3. The number of carbonyl (C=O) groups excluding carboxylic acids is 1. The summed E-state index contributed by atoms with van der Waals surface area (Å²) in [6, 6.07) is 0. The van der Waals surface area contributed by atoms with Gasteiger partial charge in [0.1, 0.15) is 11.1 Å². The third-order valence-corrected chi connectivity index (χ3v) is 2.13. The number of nitrogens with zero attached hydrogens (tertiary/aromatic N) is 1. The molecular weight excluding hydrogens is 194 g/mol. The van der Waals surface area contributed by atoms with Crippen LogP contribution in [0, 0.1) is 5.41 Å². The van der Waals surface area contributed by atoms with E-state index in [0.29, 0.717) is 0 Å². The van der Waals surface area contributed by atoms with Crippen LogP contribution in [0.2, 0.25) is 0 Å². The SMILES string of the molecule is CCOC(=O)C1(C)CNN=C1C(F)F. The van der Waals surface area contributed by atoms with Gasteiger partial charge < -0.3 is 10.2 Å². The van der Waals surface area contributed by atoms with E-state index in [-0.39, 0.29) is 13.2 Å². The molecule has 0 bridgehead atoms. The molecule has 4 nitrogen and oxygen atoms in total. The first-order valence-electron chi connectivity index (χ1n) is 4.28. The van der Waals surface area contributed by atoms with Gasteiger partial charge in [0.2, 0.25) is 0 Å². The van der Waals surface area contributed by atoms with E-state index in [9.17, 15) is 13.6 Å². The molecule has 0 saturated heterocycles. The van der Waals surface area contributed by atoms with Gasteiger partial charge in [-0.1, -0.05) is 0 Å². The second-order valence-corrected chi connectivity index (χ2v) is 3.19. The minimum atomic E-state index is -2.74. The van der Waals surface area contributed by atoms with E-state index in [2.05, 4.69) is 10.5 Å². The summed E-state index contributed by atoms with van der Waals surface area (Å²) in [5.41, 5.74) is 0.613. The minimum Gasteiger partial charge on any atom is -0.465 e. The monoisotopic (exact) mass is 206 g/mol. The molecule has 1 rings (SSSR count). The van der Waals surface area contributed by atoms with Crippen LogP contribution in [0.25, 0.3) is 0 Å². The van der Waals surface area contributed by atoms with E-state index in [0.717, 1.165) is 0 Å². The summed E-state index contributed by atoms with van der Waals surface area (Å²) in [5, 5.41) is 3.41. The van der Waals surface area contributed by atoms with Crippen LogP contribution in [0.5, 0.6) is 0 Å². The number of alkyl halides is 2. The number of carbonyl (C=O) groups is 1. The van der Waals surface area contributed by atoms with E-state index in [1.807, 2.05) is 0 Å². The van der Waals surface area contributed by atoms with Gasteiger partial charge >= 0.3 is 5.97 Å². The van der Waals surface area contributed by atoms with Crippen LogP contribution in [0.15, 0.2) is 5.10 Å². The number of hydrazone groups is 1. The molecule has 0 radical (unpaired) electrons. The van der Waals surface area contributed by atoms with Crippen molar-refractivity contribution in [2.24, 2.45) is 10.5 Å². The van der Waals surface area contributed by atoms with Crippen LogP contribution in [-0.4, -0.2) is 31.3 Å². The van der Waals surface area contributed by atoms with Gasteiger partial charge in [-0.05, 0) is 13.8 Å². The zero-order valence-electron chi connectivity index (χ0n) is 8.01. The van der Waals surface area contributed by atoms with Crippen molar-refractivity contribution in [3.8, 4) is 0 Å². The third kappa shape index (κ3) is 1.69. The Hall–Kier alpha value is -1.20. The van der Waals surface area contributed by atoms with Gasteiger partial charge in [-0.25, -0.2) is 8.78 Å². The Bertz CT molecular complexity index is 268. The quantitative estimate of drug-likeness (QED) is 0.694. The molecule has 1 unspecified atom stereocenters. The van der Waals surface area contributed by atoms with Crippen molar-refractivity contribution in [1.29, 1.82) is 0 Å². The van der Waals surface area contributed by atoms with Gasteiger partial charge in [0.15, 0.2) is 0 Å². The Morgan fingerprint density at radius 2 is 2.43 bits per heavy atom. The van der Waals surface area contributed by atoms with Crippen LogP contribution in [0.4, 0.5) is 8.78 Å².